The van der Waals surface area contributed by atoms with Crippen LogP contribution in [-0.4, -0.2) is 13.3 Å². The monoisotopic (exact) mass is 153 g/mol. The van der Waals surface area contributed by atoms with E-state index in [1.807, 2.05) is 0 Å². The summed E-state index contributed by atoms with van der Waals surface area (Å²) in [5.41, 5.74) is 0. The molecule has 0 aromatic rings. The van der Waals surface area contributed by atoms with Gasteiger partial charge >= 0.3 is 59.1 Å². The van der Waals surface area contributed by atoms with Crippen molar-refractivity contribution in [1.82, 2.24) is 0 Å². The van der Waals surface area contributed by atoms with Crippen LogP contribution in [0.4, 0.5) is 0 Å². The standard InChI is InChI=1S/CN.2Na.H2O3S/c1-2;;;1-4(2)3/h;;;(H2,1,2,3)/q-1;2*+1;/p-1. The third-order valence-electron chi connectivity index (χ3n) is 0. The van der Waals surface area contributed by atoms with Crippen LogP contribution in [0, 0.1) is 11.8 Å². The Bertz CT molecular complexity index is 61.5. The van der Waals surface area contributed by atoms with Gasteiger partial charge in [-0.1, -0.05) is 0 Å². The van der Waals surface area contributed by atoms with Crippen molar-refractivity contribution in [2.75, 3.05) is 0 Å². The van der Waals surface area contributed by atoms with Crippen molar-refractivity contribution in [3.63, 3.8) is 0 Å². The van der Waals surface area contributed by atoms with Gasteiger partial charge in [0.05, 0.1) is 11.4 Å². The molecular formula is CHNNa2O3S. The van der Waals surface area contributed by atoms with Crippen molar-refractivity contribution in [3.05, 3.63) is 6.57 Å². The Hall–Kier alpha value is 1.56. The first-order chi connectivity index (χ1) is 2.73. The summed E-state index contributed by atoms with van der Waals surface area (Å²) < 4.78 is 24.1. The quantitative estimate of drug-likeness (QED) is 0.213. The molecular weight excluding hydrogens is 152 g/mol. The maximum atomic E-state index is 8.56. The molecule has 0 aliphatic rings. The first-order valence-electron chi connectivity index (χ1n) is 0.740. The van der Waals surface area contributed by atoms with Gasteiger partial charge in [-0.15, -0.1) is 0 Å². The predicted molar refractivity (Wildman–Crippen MR) is 16.5 cm³/mol. The third-order valence-corrected chi connectivity index (χ3v) is 0. The van der Waals surface area contributed by atoms with Crippen LogP contribution in [0.5, 0.6) is 0 Å². The molecule has 0 radical (unpaired) electrons. The Morgan fingerprint density at radius 1 is 1.50 bits per heavy atom. The van der Waals surface area contributed by atoms with Gasteiger partial charge in [-0.25, -0.2) is 4.21 Å². The summed E-state index contributed by atoms with van der Waals surface area (Å²) in [6, 6.07) is 0. The van der Waals surface area contributed by atoms with Crippen molar-refractivity contribution in [2.45, 2.75) is 0 Å². The zero-order valence-electron chi connectivity index (χ0n) is 4.62. The molecule has 36 valence electrons. The smallest absolute Gasteiger partial charge is 0.750 e. The van der Waals surface area contributed by atoms with Gasteiger partial charge in [-0.05, 0) is 0 Å². The van der Waals surface area contributed by atoms with Gasteiger partial charge in [0.15, 0.2) is 0 Å². The molecule has 0 rings (SSSR count). The fourth-order valence-corrected chi connectivity index (χ4v) is 0. The zero-order valence-corrected chi connectivity index (χ0v) is 9.44. The second-order valence-corrected chi connectivity index (χ2v) is 0.651. The van der Waals surface area contributed by atoms with E-state index in [2.05, 4.69) is 0 Å². The Balaban J connectivity index is -0.0000000183. The van der Waals surface area contributed by atoms with Crippen molar-refractivity contribution in [2.24, 2.45) is 0 Å². The maximum absolute atomic E-state index is 8.56. The molecule has 0 aromatic heterocycles. The van der Waals surface area contributed by atoms with Crippen LogP contribution < -0.4 is 59.1 Å². The molecule has 4 nitrogen and oxygen atoms in total. The summed E-state index contributed by atoms with van der Waals surface area (Å²) in [5.74, 6) is 0. The van der Waals surface area contributed by atoms with Crippen molar-refractivity contribution >= 4 is 11.4 Å². The summed E-state index contributed by atoms with van der Waals surface area (Å²) in [7, 11) is 0. The van der Waals surface area contributed by atoms with Crippen LogP contribution in [-0.2, 0) is 11.4 Å². The number of rotatable bonds is 0. The molecule has 0 amide bonds. The minimum atomic E-state index is -2.86. The van der Waals surface area contributed by atoms with E-state index in [1.54, 1.807) is 0 Å². The molecule has 1 atom stereocenters. The van der Waals surface area contributed by atoms with Gasteiger partial charge in [0.2, 0.25) is 0 Å². The van der Waals surface area contributed by atoms with Crippen molar-refractivity contribution in [1.29, 1.82) is 5.26 Å². The SMILES string of the molecule is O=S([O-])O.[C-]#N.[Na+].[Na+]. The Labute approximate surface area is 94.3 Å². The summed E-state index contributed by atoms with van der Waals surface area (Å²) in [4.78, 5) is 0. The van der Waals surface area contributed by atoms with E-state index in [0.29, 0.717) is 0 Å². The second-order valence-electron chi connectivity index (χ2n) is 0.217. The molecule has 1 unspecified atom stereocenters. The first kappa shape index (κ1) is 22.7. The van der Waals surface area contributed by atoms with E-state index < -0.39 is 11.4 Å². The van der Waals surface area contributed by atoms with E-state index >= 15 is 0 Å². The van der Waals surface area contributed by atoms with Gasteiger partial charge in [0.25, 0.3) is 0 Å². The van der Waals surface area contributed by atoms with Gasteiger partial charge in [0, 0.05) is 0 Å². The molecule has 0 fully saturated rings. The van der Waals surface area contributed by atoms with Gasteiger partial charge in [-0.3, -0.25) is 0 Å². The molecule has 8 heavy (non-hydrogen) atoms. The van der Waals surface area contributed by atoms with E-state index in [-0.39, 0.29) is 59.1 Å². The molecule has 7 heteroatoms. The Kier molecular flexibility index (Phi) is 66.6. The third kappa shape index (κ3) is 134. The first-order valence-corrected chi connectivity index (χ1v) is 1.77. The summed E-state index contributed by atoms with van der Waals surface area (Å²) >= 11 is -2.86. The van der Waals surface area contributed by atoms with Gasteiger partial charge < -0.3 is 20.9 Å². The molecule has 0 heterocycles. The molecule has 0 aromatic carbocycles. The van der Waals surface area contributed by atoms with E-state index in [4.69, 9.17) is 25.1 Å². The van der Waals surface area contributed by atoms with Crippen LogP contribution in [0.25, 0.3) is 0 Å². The van der Waals surface area contributed by atoms with Crippen LogP contribution in [0.2, 0.25) is 0 Å². The van der Waals surface area contributed by atoms with Crippen molar-refractivity contribution < 1.29 is 72.4 Å². The fourth-order valence-electron chi connectivity index (χ4n) is 0. The summed E-state index contributed by atoms with van der Waals surface area (Å²) in [6.45, 7) is 4.75. The Morgan fingerprint density at radius 2 is 1.50 bits per heavy atom. The Morgan fingerprint density at radius 3 is 1.50 bits per heavy atom. The fraction of sp³-hybridized carbons (Fsp3) is 0. The van der Waals surface area contributed by atoms with Crippen LogP contribution in [0.15, 0.2) is 0 Å². The molecule has 0 bridgehead atoms. The van der Waals surface area contributed by atoms with E-state index in [0.717, 1.165) is 0 Å². The van der Waals surface area contributed by atoms with E-state index in [9.17, 15) is 0 Å². The molecule has 0 aliphatic carbocycles. The van der Waals surface area contributed by atoms with Gasteiger partial charge in [-0.2, -0.15) is 0 Å². The molecule has 0 spiro atoms. The molecule has 0 saturated carbocycles. The predicted octanol–water partition coefficient (Wildman–Crippen LogP) is -6.56. The summed E-state index contributed by atoms with van der Waals surface area (Å²) in [5, 5.41) is 6.25. The molecule has 1 N–H and O–H groups in total. The topological polar surface area (TPSA) is 84.2 Å². The minimum absolute atomic E-state index is 0. The van der Waals surface area contributed by atoms with Crippen LogP contribution in [0.1, 0.15) is 0 Å². The molecule has 0 aliphatic heterocycles. The average Bonchev–Trinajstić information content (AvgIpc) is 1.41. The second kappa shape index (κ2) is 23.5. The minimum Gasteiger partial charge on any atom is -0.750 e. The largest absolute Gasteiger partial charge is 1.00 e. The van der Waals surface area contributed by atoms with Crippen LogP contribution in [0.3, 0.4) is 0 Å². The van der Waals surface area contributed by atoms with Crippen molar-refractivity contribution in [3.8, 4) is 0 Å². The molecule has 0 saturated heterocycles. The number of hydrogen-bond acceptors (Lipinski definition) is 3. The maximum Gasteiger partial charge on any atom is 1.00 e. The normalized spacial score (nSPS) is 8.00. The van der Waals surface area contributed by atoms with Crippen LogP contribution >= 0.6 is 0 Å². The number of nitrogens with zero attached hydrogens (tertiary/aromatic N) is 1. The zero-order chi connectivity index (χ0) is 5.58. The van der Waals surface area contributed by atoms with E-state index in [1.165, 1.54) is 0 Å². The summed E-state index contributed by atoms with van der Waals surface area (Å²) in [6.07, 6.45) is 0. The van der Waals surface area contributed by atoms with Gasteiger partial charge in [0.1, 0.15) is 0 Å². The average molecular weight is 153 g/mol. The number of hydrogen-bond donors (Lipinski definition) is 1.